The molecule has 1 N–H and O–H groups in total. The van der Waals surface area contributed by atoms with Gasteiger partial charge in [0.1, 0.15) is 5.82 Å². The Kier molecular flexibility index (Phi) is 4.30. The van der Waals surface area contributed by atoms with Crippen molar-refractivity contribution >= 4 is 43.2 Å². The average Bonchev–Trinajstić information content (AvgIpc) is 2.60. The molecule has 2 nitrogen and oxygen atoms in total. The van der Waals surface area contributed by atoms with Crippen LogP contribution in [0, 0.1) is 5.82 Å². The van der Waals surface area contributed by atoms with Crippen molar-refractivity contribution in [1.29, 1.82) is 0 Å². The molecule has 2 rings (SSSR count). The van der Waals surface area contributed by atoms with Crippen LogP contribution in [0.2, 0.25) is 0 Å². The minimum atomic E-state index is -0.322. The second-order valence-electron chi connectivity index (χ2n) is 3.43. The first-order chi connectivity index (χ1) is 8.11. The van der Waals surface area contributed by atoms with Gasteiger partial charge in [-0.05, 0) is 56.6 Å². The lowest BCUT2D eigenvalue weighted by molar-refractivity contribution is 0.610. The van der Waals surface area contributed by atoms with Gasteiger partial charge in [0, 0.05) is 15.5 Å². The number of halogens is 3. The summed E-state index contributed by atoms with van der Waals surface area (Å²) in [5, 5.41) is 3.16. The van der Waals surface area contributed by atoms with Gasteiger partial charge in [-0.3, -0.25) is 4.98 Å². The van der Waals surface area contributed by atoms with Crippen molar-refractivity contribution in [3.63, 3.8) is 0 Å². The van der Waals surface area contributed by atoms with Gasteiger partial charge in [0.05, 0.1) is 16.0 Å². The Labute approximate surface area is 120 Å². The smallest absolute Gasteiger partial charge is 0.141 e. The summed E-state index contributed by atoms with van der Waals surface area (Å²) in [6.07, 6.45) is 2.88. The molecule has 2 aromatic rings. The lowest BCUT2D eigenvalue weighted by atomic mass is 10.1. The molecule has 0 aromatic carbocycles. The van der Waals surface area contributed by atoms with Gasteiger partial charge in [0.15, 0.2) is 0 Å². The minimum absolute atomic E-state index is 0.0502. The molecule has 0 bridgehead atoms. The number of thiophene rings is 1. The third kappa shape index (κ3) is 2.93. The first-order valence-corrected chi connectivity index (χ1v) is 7.24. The van der Waals surface area contributed by atoms with E-state index < -0.39 is 0 Å². The first-order valence-electron chi connectivity index (χ1n) is 4.84. The van der Waals surface area contributed by atoms with Gasteiger partial charge in [0.25, 0.3) is 0 Å². The van der Waals surface area contributed by atoms with E-state index in [1.807, 2.05) is 13.1 Å². The topological polar surface area (TPSA) is 24.9 Å². The van der Waals surface area contributed by atoms with Gasteiger partial charge in [-0.2, -0.15) is 0 Å². The molecular formula is C11H9Br2FN2S. The Bertz CT molecular complexity index is 510. The zero-order valence-corrected chi connectivity index (χ0v) is 12.9. The molecule has 6 heteroatoms. The molecule has 2 aromatic heterocycles. The van der Waals surface area contributed by atoms with Gasteiger partial charge in [-0.25, -0.2) is 4.39 Å². The van der Waals surface area contributed by atoms with Crippen LogP contribution >= 0.6 is 43.2 Å². The van der Waals surface area contributed by atoms with Crippen LogP contribution < -0.4 is 5.32 Å². The zero-order valence-electron chi connectivity index (χ0n) is 8.88. The molecule has 0 radical (unpaired) electrons. The standard InChI is InChI=1S/C11H9Br2FN2S/c1-15-10(6-2-7(14)5-16-4-6)9-3-8(12)11(13)17-9/h2-5,10,15H,1H3. The maximum atomic E-state index is 13.2. The highest BCUT2D eigenvalue weighted by molar-refractivity contribution is 9.13. The van der Waals surface area contributed by atoms with Crippen molar-refractivity contribution in [2.24, 2.45) is 0 Å². The quantitative estimate of drug-likeness (QED) is 0.867. The molecule has 0 aliphatic rings. The number of nitrogens with one attached hydrogen (secondary N) is 1. The second kappa shape index (κ2) is 5.56. The molecule has 0 spiro atoms. The van der Waals surface area contributed by atoms with Crippen LogP contribution in [0.1, 0.15) is 16.5 Å². The number of pyridine rings is 1. The van der Waals surface area contributed by atoms with E-state index in [1.165, 1.54) is 12.3 Å². The van der Waals surface area contributed by atoms with E-state index in [-0.39, 0.29) is 11.9 Å². The number of hydrogen-bond donors (Lipinski definition) is 1. The second-order valence-corrected chi connectivity index (χ2v) is 6.68. The molecular weight excluding hydrogens is 371 g/mol. The third-order valence-electron chi connectivity index (χ3n) is 2.30. The molecule has 0 aliphatic carbocycles. The molecule has 0 amide bonds. The van der Waals surface area contributed by atoms with E-state index in [0.29, 0.717) is 0 Å². The van der Waals surface area contributed by atoms with Crippen molar-refractivity contribution in [3.05, 3.63) is 49.0 Å². The predicted molar refractivity (Wildman–Crippen MR) is 74.8 cm³/mol. The zero-order chi connectivity index (χ0) is 12.4. The summed E-state index contributed by atoms with van der Waals surface area (Å²) in [5.74, 6) is -0.322. The summed E-state index contributed by atoms with van der Waals surface area (Å²) >= 11 is 8.51. The van der Waals surface area contributed by atoms with Crippen LogP contribution in [0.15, 0.2) is 32.8 Å². The van der Waals surface area contributed by atoms with Crippen LogP contribution in [0.4, 0.5) is 4.39 Å². The highest BCUT2D eigenvalue weighted by Gasteiger charge is 2.16. The van der Waals surface area contributed by atoms with E-state index in [0.717, 1.165) is 18.7 Å². The lowest BCUT2D eigenvalue weighted by Crippen LogP contribution is -2.16. The molecule has 0 saturated carbocycles. The largest absolute Gasteiger partial charge is 0.309 e. The molecule has 17 heavy (non-hydrogen) atoms. The van der Waals surface area contributed by atoms with E-state index >= 15 is 0 Å². The molecule has 2 heterocycles. The van der Waals surface area contributed by atoms with Crippen molar-refractivity contribution in [2.75, 3.05) is 7.05 Å². The normalized spacial score (nSPS) is 12.7. The Morgan fingerprint density at radius 2 is 2.12 bits per heavy atom. The van der Waals surface area contributed by atoms with Crippen molar-refractivity contribution < 1.29 is 4.39 Å². The fraction of sp³-hybridized carbons (Fsp3) is 0.182. The average molecular weight is 380 g/mol. The van der Waals surface area contributed by atoms with Crippen molar-refractivity contribution in [1.82, 2.24) is 10.3 Å². The van der Waals surface area contributed by atoms with Gasteiger partial charge >= 0.3 is 0 Å². The van der Waals surface area contributed by atoms with Gasteiger partial charge < -0.3 is 5.32 Å². The van der Waals surface area contributed by atoms with E-state index in [4.69, 9.17) is 0 Å². The summed E-state index contributed by atoms with van der Waals surface area (Å²) in [7, 11) is 1.84. The Hall–Kier alpha value is -0.300. The number of hydrogen-bond acceptors (Lipinski definition) is 3. The van der Waals surface area contributed by atoms with E-state index in [1.54, 1.807) is 17.5 Å². The summed E-state index contributed by atoms with van der Waals surface area (Å²) in [6, 6.07) is 3.46. The first kappa shape index (κ1) is 13.1. The maximum Gasteiger partial charge on any atom is 0.141 e. The molecule has 1 unspecified atom stereocenters. The lowest BCUT2D eigenvalue weighted by Gasteiger charge is -2.14. The molecule has 1 atom stereocenters. The highest BCUT2D eigenvalue weighted by atomic mass is 79.9. The van der Waals surface area contributed by atoms with Crippen LogP contribution in [0.5, 0.6) is 0 Å². The SMILES string of the molecule is CNC(c1cncc(F)c1)c1cc(Br)c(Br)s1. The van der Waals surface area contributed by atoms with Gasteiger partial charge in [0.2, 0.25) is 0 Å². The van der Waals surface area contributed by atoms with Gasteiger partial charge in [-0.15, -0.1) is 11.3 Å². The van der Waals surface area contributed by atoms with Crippen LogP contribution in [0.3, 0.4) is 0 Å². The number of nitrogens with zero attached hydrogens (tertiary/aromatic N) is 1. The summed E-state index contributed by atoms with van der Waals surface area (Å²) in [5.41, 5.74) is 0.814. The summed E-state index contributed by atoms with van der Waals surface area (Å²) in [6.45, 7) is 0. The summed E-state index contributed by atoms with van der Waals surface area (Å²) in [4.78, 5) is 4.97. The molecule has 0 saturated heterocycles. The third-order valence-corrected chi connectivity index (χ3v) is 5.62. The number of rotatable bonds is 3. The molecule has 90 valence electrons. The Morgan fingerprint density at radius 3 is 2.65 bits per heavy atom. The summed E-state index contributed by atoms with van der Waals surface area (Å²) < 4.78 is 15.2. The van der Waals surface area contributed by atoms with E-state index in [9.17, 15) is 4.39 Å². The fourth-order valence-electron chi connectivity index (χ4n) is 1.56. The van der Waals surface area contributed by atoms with Gasteiger partial charge in [-0.1, -0.05) is 0 Å². The van der Waals surface area contributed by atoms with Crippen LogP contribution in [0.25, 0.3) is 0 Å². The molecule has 0 fully saturated rings. The fourth-order valence-corrected chi connectivity index (χ4v) is 3.79. The Morgan fingerprint density at radius 1 is 1.35 bits per heavy atom. The number of aromatic nitrogens is 1. The van der Waals surface area contributed by atoms with Crippen molar-refractivity contribution in [3.8, 4) is 0 Å². The highest BCUT2D eigenvalue weighted by Crippen LogP contribution is 2.37. The van der Waals surface area contributed by atoms with E-state index in [2.05, 4.69) is 42.2 Å². The predicted octanol–water partition coefficient (Wildman–Crippen LogP) is 4.12. The van der Waals surface area contributed by atoms with Crippen molar-refractivity contribution in [2.45, 2.75) is 6.04 Å². The van der Waals surface area contributed by atoms with Crippen LogP contribution in [-0.4, -0.2) is 12.0 Å². The molecule has 0 aliphatic heterocycles. The minimum Gasteiger partial charge on any atom is -0.309 e. The maximum absolute atomic E-state index is 13.2. The Balaban J connectivity index is 2.39. The van der Waals surface area contributed by atoms with Crippen LogP contribution in [-0.2, 0) is 0 Å². The monoisotopic (exact) mass is 378 g/mol.